The average Bonchev–Trinajstić information content (AvgIpc) is 2.85. The molecule has 0 radical (unpaired) electrons. The lowest BCUT2D eigenvalue weighted by Crippen LogP contribution is -2.09. The summed E-state index contributed by atoms with van der Waals surface area (Å²) >= 11 is 0. The van der Waals surface area contributed by atoms with E-state index in [0.29, 0.717) is 5.39 Å². The molecule has 0 saturated heterocycles. The van der Waals surface area contributed by atoms with E-state index in [4.69, 9.17) is 9.05 Å². The Kier molecular flexibility index (Phi) is 3.05. The molecule has 0 spiro atoms. The summed E-state index contributed by atoms with van der Waals surface area (Å²) in [6.45, 7) is 0. The Morgan fingerprint density at radius 3 is 2.45 bits per heavy atom. The Morgan fingerprint density at radius 1 is 1.05 bits per heavy atom. The van der Waals surface area contributed by atoms with E-state index in [9.17, 15) is 9.67 Å². The van der Waals surface area contributed by atoms with Crippen molar-refractivity contribution in [1.29, 1.82) is 0 Å². The highest BCUT2D eigenvalue weighted by Gasteiger charge is 2.31. The van der Waals surface area contributed by atoms with Gasteiger partial charge in [-0.3, -0.25) is 4.57 Å². The summed E-state index contributed by atoms with van der Waals surface area (Å²) in [5, 5.41) is 11.9. The molecule has 0 fully saturated rings. The number of aromatic nitrogens is 1. The van der Waals surface area contributed by atoms with Crippen molar-refractivity contribution in [2.45, 2.75) is 0 Å². The lowest BCUT2D eigenvalue weighted by Gasteiger charge is -2.16. The van der Waals surface area contributed by atoms with Crippen LogP contribution in [0, 0.1) is 0 Å². The predicted octanol–water partition coefficient (Wildman–Crippen LogP) is 3.14. The van der Waals surface area contributed by atoms with E-state index < -0.39 is 7.60 Å². The van der Waals surface area contributed by atoms with E-state index in [1.54, 1.807) is 6.07 Å². The van der Waals surface area contributed by atoms with Crippen molar-refractivity contribution in [3.05, 3.63) is 36.4 Å². The van der Waals surface area contributed by atoms with Crippen LogP contribution in [0.4, 0.5) is 0 Å². The third-order valence-electron chi connectivity index (χ3n) is 3.38. The molecule has 104 valence electrons. The molecule has 0 bridgehead atoms. The number of fused-ring (bicyclic) bond motifs is 3. The zero-order chi connectivity index (χ0) is 14.3. The second kappa shape index (κ2) is 4.63. The fraction of sp³-hybridized carbons (Fsp3) is 0.143. The maximum Gasteiger partial charge on any atom is 0.365 e. The molecule has 0 amide bonds. The topological polar surface area (TPSA) is 71.6 Å². The number of rotatable bonds is 3. The molecule has 0 unspecified atom stereocenters. The quantitative estimate of drug-likeness (QED) is 0.727. The molecular formula is C14H14NO4P. The summed E-state index contributed by atoms with van der Waals surface area (Å²) in [6.07, 6.45) is 0. The van der Waals surface area contributed by atoms with E-state index >= 15 is 0 Å². The van der Waals surface area contributed by atoms with Crippen LogP contribution in [0.25, 0.3) is 21.8 Å². The summed E-state index contributed by atoms with van der Waals surface area (Å²) in [6, 6.07) is 10.8. The molecule has 0 saturated carbocycles. The van der Waals surface area contributed by atoms with Crippen LogP contribution in [-0.4, -0.2) is 24.3 Å². The number of hydrogen-bond donors (Lipinski definition) is 2. The van der Waals surface area contributed by atoms with E-state index in [0.717, 1.165) is 16.4 Å². The zero-order valence-corrected chi connectivity index (χ0v) is 12.0. The van der Waals surface area contributed by atoms with Crippen molar-refractivity contribution >= 4 is 34.7 Å². The van der Waals surface area contributed by atoms with Crippen molar-refractivity contribution in [3.8, 4) is 5.75 Å². The van der Waals surface area contributed by atoms with Gasteiger partial charge in [0.05, 0.1) is 0 Å². The molecule has 3 aromatic rings. The highest BCUT2D eigenvalue weighted by molar-refractivity contribution is 7.63. The lowest BCUT2D eigenvalue weighted by molar-refractivity contribution is 0.286. The average molecular weight is 291 g/mol. The van der Waals surface area contributed by atoms with Gasteiger partial charge in [-0.2, -0.15) is 0 Å². The predicted molar refractivity (Wildman–Crippen MR) is 78.7 cm³/mol. The first-order valence-corrected chi connectivity index (χ1v) is 7.59. The monoisotopic (exact) mass is 291 g/mol. The highest BCUT2D eigenvalue weighted by atomic mass is 31.2. The number of phenols is 1. The summed E-state index contributed by atoms with van der Waals surface area (Å²) in [5.41, 5.74) is 1.67. The Labute approximate surface area is 115 Å². The molecule has 0 atom stereocenters. The third kappa shape index (κ3) is 1.75. The van der Waals surface area contributed by atoms with E-state index in [-0.39, 0.29) is 11.1 Å². The number of nitrogens with one attached hydrogen (secondary N) is 1. The number of hydrogen-bond acceptors (Lipinski definition) is 4. The molecular weight excluding hydrogens is 277 g/mol. The summed E-state index contributed by atoms with van der Waals surface area (Å²) < 4.78 is 22.8. The van der Waals surface area contributed by atoms with Gasteiger partial charge in [0.25, 0.3) is 0 Å². The molecule has 3 rings (SSSR count). The minimum absolute atomic E-state index is 0.103. The van der Waals surface area contributed by atoms with Gasteiger partial charge in [0.15, 0.2) is 0 Å². The van der Waals surface area contributed by atoms with Crippen LogP contribution in [0.3, 0.4) is 0 Å². The van der Waals surface area contributed by atoms with Crippen molar-refractivity contribution < 1.29 is 18.7 Å². The van der Waals surface area contributed by atoms with Gasteiger partial charge >= 0.3 is 7.60 Å². The fourth-order valence-corrected chi connectivity index (χ4v) is 3.83. The number of benzene rings is 2. The van der Waals surface area contributed by atoms with Gasteiger partial charge in [-0.25, -0.2) is 0 Å². The second-order valence-electron chi connectivity index (χ2n) is 4.39. The fourth-order valence-electron chi connectivity index (χ4n) is 2.45. The van der Waals surface area contributed by atoms with Crippen molar-refractivity contribution in [2.24, 2.45) is 0 Å². The van der Waals surface area contributed by atoms with Gasteiger partial charge in [-0.1, -0.05) is 18.2 Å². The van der Waals surface area contributed by atoms with Crippen molar-refractivity contribution in [2.75, 3.05) is 14.2 Å². The first kappa shape index (κ1) is 13.2. The highest BCUT2D eigenvalue weighted by Crippen LogP contribution is 2.50. The van der Waals surface area contributed by atoms with Crippen LogP contribution in [0.15, 0.2) is 36.4 Å². The maximum absolute atomic E-state index is 12.7. The maximum atomic E-state index is 12.7. The molecule has 2 N–H and O–H groups in total. The van der Waals surface area contributed by atoms with Crippen LogP contribution in [0.1, 0.15) is 0 Å². The molecule has 5 nitrogen and oxygen atoms in total. The van der Waals surface area contributed by atoms with E-state index in [1.807, 2.05) is 24.3 Å². The molecule has 0 aliphatic heterocycles. The van der Waals surface area contributed by atoms with Gasteiger partial charge in [0.1, 0.15) is 11.1 Å². The zero-order valence-electron chi connectivity index (χ0n) is 11.1. The standard InChI is InChI=1S/C14H14NO4P/c1-18-20(17,19-2)14-12(16)8-7-11-13(14)9-5-3-4-6-10(9)15-11/h3-8,15-16H,1-2H3. The normalized spacial score (nSPS) is 12.3. The Morgan fingerprint density at radius 2 is 1.75 bits per heavy atom. The number of para-hydroxylation sites is 1. The minimum atomic E-state index is -3.56. The molecule has 0 aliphatic carbocycles. The Hall–Kier alpha value is -1.81. The number of H-pyrrole nitrogens is 1. The number of phenolic OH excluding ortho intramolecular Hbond substituents is 1. The largest absolute Gasteiger partial charge is 0.507 e. The molecule has 6 heteroatoms. The number of aromatic amines is 1. The molecule has 1 aromatic heterocycles. The first-order chi connectivity index (χ1) is 9.60. The van der Waals surface area contributed by atoms with Crippen LogP contribution in [0.2, 0.25) is 0 Å². The third-order valence-corrected chi connectivity index (χ3v) is 5.34. The SMILES string of the molecule is COP(=O)(OC)c1c(O)ccc2[nH]c3ccccc3c12. The Balaban J connectivity index is 2.52. The number of aromatic hydroxyl groups is 1. The summed E-state index contributed by atoms with van der Waals surface area (Å²) in [4.78, 5) is 3.22. The van der Waals surface area contributed by atoms with E-state index in [1.165, 1.54) is 20.3 Å². The van der Waals surface area contributed by atoms with Crippen LogP contribution in [-0.2, 0) is 13.6 Å². The molecule has 20 heavy (non-hydrogen) atoms. The molecule has 2 aromatic carbocycles. The van der Waals surface area contributed by atoms with Crippen LogP contribution in [0.5, 0.6) is 5.75 Å². The first-order valence-electron chi connectivity index (χ1n) is 6.05. The smallest absolute Gasteiger partial charge is 0.365 e. The van der Waals surface area contributed by atoms with Gasteiger partial charge < -0.3 is 19.1 Å². The van der Waals surface area contributed by atoms with Gasteiger partial charge in [0.2, 0.25) is 0 Å². The van der Waals surface area contributed by atoms with Crippen LogP contribution >= 0.6 is 7.60 Å². The van der Waals surface area contributed by atoms with Crippen LogP contribution < -0.4 is 5.30 Å². The van der Waals surface area contributed by atoms with Gasteiger partial charge in [0, 0.05) is 36.0 Å². The minimum Gasteiger partial charge on any atom is -0.507 e. The summed E-state index contributed by atoms with van der Waals surface area (Å²) in [5.74, 6) is -0.103. The second-order valence-corrected chi connectivity index (χ2v) is 6.56. The Bertz CT molecular complexity index is 832. The molecule has 1 heterocycles. The van der Waals surface area contributed by atoms with Gasteiger partial charge in [-0.05, 0) is 18.2 Å². The lowest BCUT2D eigenvalue weighted by atomic mass is 10.1. The van der Waals surface area contributed by atoms with Gasteiger partial charge in [-0.15, -0.1) is 0 Å². The van der Waals surface area contributed by atoms with Crippen molar-refractivity contribution in [1.82, 2.24) is 4.98 Å². The summed E-state index contributed by atoms with van der Waals surface area (Å²) in [7, 11) is -0.952. The van der Waals surface area contributed by atoms with Crippen molar-refractivity contribution in [3.63, 3.8) is 0 Å². The molecule has 0 aliphatic rings. The van der Waals surface area contributed by atoms with E-state index in [2.05, 4.69) is 4.98 Å².